The summed E-state index contributed by atoms with van der Waals surface area (Å²) in [7, 11) is 0. The van der Waals surface area contributed by atoms with Gasteiger partial charge in [0.1, 0.15) is 12.2 Å². The highest BCUT2D eigenvalue weighted by molar-refractivity contribution is 6.08. The van der Waals surface area contributed by atoms with E-state index in [2.05, 4.69) is 6.07 Å². The van der Waals surface area contributed by atoms with Crippen LogP contribution in [-0.2, 0) is 20.7 Å². The Kier molecular flexibility index (Phi) is 3.75. The second-order valence-corrected chi connectivity index (χ2v) is 5.92. The first-order valence-corrected chi connectivity index (χ1v) is 7.96. The third kappa shape index (κ3) is 2.82. The first-order chi connectivity index (χ1) is 11.3. The van der Waals surface area contributed by atoms with Gasteiger partial charge in [0, 0.05) is 17.6 Å². The molecule has 1 saturated heterocycles. The molecule has 3 aromatic rings. The van der Waals surface area contributed by atoms with Gasteiger partial charge in [-0.05, 0) is 29.7 Å². The molecule has 2 heterocycles. The van der Waals surface area contributed by atoms with E-state index in [4.69, 9.17) is 13.9 Å². The molecule has 0 N–H and O–H groups in total. The van der Waals surface area contributed by atoms with Crippen LogP contribution in [0.2, 0.25) is 0 Å². The van der Waals surface area contributed by atoms with Crippen LogP contribution in [0.4, 0.5) is 0 Å². The molecule has 1 fully saturated rings. The van der Waals surface area contributed by atoms with Crippen molar-refractivity contribution in [3.63, 3.8) is 0 Å². The van der Waals surface area contributed by atoms with E-state index in [1.54, 1.807) is 6.26 Å². The number of furan rings is 1. The molecule has 1 aromatic heterocycles. The molecule has 0 aliphatic carbocycles. The van der Waals surface area contributed by atoms with Gasteiger partial charge in [0.25, 0.3) is 0 Å². The number of carbonyl (C=O) groups is 1. The Labute approximate surface area is 134 Å². The topological polar surface area (TPSA) is 48.7 Å². The van der Waals surface area contributed by atoms with E-state index < -0.39 is 0 Å². The van der Waals surface area contributed by atoms with Gasteiger partial charge < -0.3 is 13.9 Å². The maximum Gasteiger partial charge on any atom is 0.310 e. The number of benzene rings is 2. The van der Waals surface area contributed by atoms with Gasteiger partial charge in [0.05, 0.1) is 18.8 Å². The summed E-state index contributed by atoms with van der Waals surface area (Å²) in [6, 6.07) is 12.1. The molecular weight excluding hydrogens is 292 g/mol. The SMILES string of the molecule is O=C(Cc1coc2ccc3ccccc3c12)OC[C@@H]1CCCO1. The third-order valence-corrected chi connectivity index (χ3v) is 4.33. The highest BCUT2D eigenvalue weighted by Gasteiger charge is 2.19. The normalized spacial score (nSPS) is 17.8. The van der Waals surface area contributed by atoms with Crippen molar-refractivity contribution in [2.45, 2.75) is 25.4 Å². The summed E-state index contributed by atoms with van der Waals surface area (Å²) in [5.74, 6) is -0.240. The third-order valence-electron chi connectivity index (χ3n) is 4.33. The van der Waals surface area contributed by atoms with Gasteiger partial charge in [-0.2, -0.15) is 0 Å². The Bertz CT molecular complexity index is 843. The number of carbonyl (C=O) groups excluding carboxylic acids is 1. The van der Waals surface area contributed by atoms with Gasteiger partial charge in [-0.3, -0.25) is 4.79 Å². The average Bonchev–Trinajstić information content (AvgIpc) is 3.23. The quantitative estimate of drug-likeness (QED) is 0.687. The molecule has 0 bridgehead atoms. The van der Waals surface area contributed by atoms with E-state index in [-0.39, 0.29) is 18.5 Å². The zero-order chi connectivity index (χ0) is 15.6. The molecule has 4 rings (SSSR count). The average molecular weight is 310 g/mol. The van der Waals surface area contributed by atoms with Crippen LogP contribution in [0.5, 0.6) is 0 Å². The van der Waals surface area contributed by atoms with Crippen molar-refractivity contribution in [1.82, 2.24) is 0 Å². The fourth-order valence-corrected chi connectivity index (χ4v) is 3.17. The lowest BCUT2D eigenvalue weighted by Gasteiger charge is -2.10. The smallest absolute Gasteiger partial charge is 0.310 e. The maximum absolute atomic E-state index is 12.1. The summed E-state index contributed by atoms with van der Waals surface area (Å²) in [6.07, 6.45) is 3.94. The zero-order valence-corrected chi connectivity index (χ0v) is 12.8. The lowest BCUT2D eigenvalue weighted by atomic mass is 10.0. The summed E-state index contributed by atoms with van der Waals surface area (Å²) < 4.78 is 16.4. The Morgan fingerprint density at radius 2 is 2.13 bits per heavy atom. The fourth-order valence-electron chi connectivity index (χ4n) is 3.17. The molecule has 1 atom stereocenters. The number of fused-ring (bicyclic) bond motifs is 3. The number of hydrogen-bond donors (Lipinski definition) is 0. The minimum Gasteiger partial charge on any atom is -0.464 e. The lowest BCUT2D eigenvalue weighted by molar-refractivity contribution is -0.146. The van der Waals surface area contributed by atoms with Crippen molar-refractivity contribution in [2.75, 3.05) is 13.2 Å². The van der Waals surface area contributed by atoms with E-state index in [0.29, 0.717) is 6.61 Å². The fraction of sp³-hybridized carbons (Fsp3) is 0.316. The Hall–Kier alpha value is -2.33. The van der Waals surface area contributed by atoms with E-state index >= 15 is 0 Å². The van der Waals surface area contributed by atoms with Crippen LogP contribution in [0.15, 0.2) is 47.1 Å². The summed E-state index contributed by atoms with van der Waals surface area (Å²) in [5, 5.41) is 3.23. The van der Waals surface area contributed by atoms with Crippen molar-refractivity contribution in [3.8, 4) is 0 Å². The van der Waals surface area contributed by atoms with Crippen molar-refractivity contribution in [3.05, 3.63) is 48.2 Å². The molecule has 4 heteroatoms. The van der Waals surface area contributed by atoms with Crippen LogP contribution in [0.25, 0.3) is 21.7 Å². The van der Waals surface area contributed by atoms with Crippen LogP contribution in [0.1, 0.15) is 18.4 Å². The highest BCUT2D eigenvalue weighted by Crippen LogP contribution is 2.30. The molecule has 0 unspecified atom stereocenters. The summed E-state index contributed by atoms with van der Waals surface area (Å²) >= 11 is 0. The number of hydrogen-bond acceptors (Lipinski definition) is 4. The predicted molar refractivity (Wildman–Crippen MR) is 87.4 cm³/mol. The second-order valence-electron chi connectivity index (χ2n) is 5.92. The maximum atomic E-state index is 12.1. The molecule has 4 nitrogen and oxygen atoms in total. The molecule has 0 spiro atoms. The van der Waals surface area contributed by atoms with Crippen molar-refractivity contribution < 1.29 is 18.7 Å². The largest absolute Gasteiger partial charge is 0.464 e. The molecule has 23 heavy (non-hydrogen) atoms. The first kappa shape index (κ1) is 14.3. The van der Waals surface area contributed by atoms with Crippen LogP contribution >= 0.6 is 0 Å². The lowest BCUT2D eigenvalue weighted by Crippen LogP contribution is -2.18. The summed E-state index contributed by atoms with van der Waals surface area (Å²) in [6.45, 7) is 1.11. The number of esters is 1. The minimum atomic E-state index is -0.240. The Morgan fingerprint density at radius 3 is 3.00 bits per heavy atom. The van der Waals surface area contributed by atoms with Crippen molar-refractivity contribution in [2.24, 2.45) is 0 Å². The van der Waals surface area contributed by atoms with E-state index in [0.717, 1.165) is 46.8 Å². The predicted octanol–water partition coefficient (Wildman–Crippen LogP) is 3.85. The summed E-state index contributed by atoms with van der Waals surface area (Å²) in [4.78, 5) is 12.1. The van der Waals surface area contributed by atoms with E-state index in [9.17, 15) is 4.79 Å². The van der Waals surface area contributed by atoms with Gasteiger partial charge in [-0.1, -0.05) is 30.3 Å². The molecule has 1 aliphatic heterocycles. The molecule has 2 aromatic carbocycles. The molecule has 1 aliphatic rings. The first-order valence-electron chi connectivity index (χ1n) is 7.96. The molecule has 118 valence electrons. The van der Waals surface area contributed by atoms with Crippen LogP contribution in [-0.4, -0.2) is 25.3 Å². The molecule has 0 radical (unpaired) electrons. The monoisotopic (exact) mass is 310 g/mol. The number of rotatable bonds is 4. The standard InChI is InChI=1S/C19H18O4/c20-18(23-12-15-5-3-9-21-15)10-14-11-22-17-8-7-13-4-1-2-6-16(13)19(14)17/h1-2,4,6-8,11,15H,3,5,9-10,12H2/t15-/m0/s1. The molecule has 0 amide bonds. The second kappa shape index (κ2) is 6.05. The van der Waals surface area contributed by atoms with Gasteiger partial charge >= 0.3 is 5.97 Å². The minimum absolute atomic E-state index is 0.0564. The van der Waals surface area contributed by atoms with Gasteiger partial charge in [0.2, 0.25) is 0 Å². The zero-order valence-electron chi connectivity index (χ0n) is 12.8. The van der Waals surface area contributed by atoms with E-state index in [1.165, 1.54) is 0 Å². The van der Waals surface area contributed by atoms with Crippen LogP contribution < -0.4 is 0 Å². The van der Waals surface area contributed by atoms with Gasteiger partial charge in [-0.25, -0.2) is 0 Å². The van der Waals surface area contributed by atoms with Crippen LogP contribution in [0.3, 0.4) is 0 Å². The molecule has 0 saturated carbocycles. The summed E-state index contributed by atoms with van der Waals surface area (Å²) in [5.41, 5.74) is 1.67. The highest BCUT2D eigenvalue weighted by atomic mass is 16.6. The van der Waals surface area contributed by atoms with Gasteiger partial charge in [0.15, 0.2) is 0 Å². The Morgan fingerprint density at radius 1 is 1.22 bits per heavy atom. The van der Waals surface area contributed by atoms with E-state index in [1.807, 2.05) is 30.3 Å². The van der Waals surface area contributed by atoms with Crippen molar-refractivity contribution >= 4 is 27.7 Å². The van der Waals surface area contributed by atoms with Crippen LogP contribution in [0, 0.1) is 0 Å². The number of ether oxygens (including phenoxy) is 2. The Balaban J connectivity index is 1.56. The van der Waals surface area contributed by atoms with Gasteiger partial charge in [-0.15, -0.1) is 0 Å². The van der Waals surface area contributed by atoms with Crippen molar-refractivity contribution in [1.29, 1.82) is 0 Å². The molecular formula is C19H18O4.